The molecule has 3 aromatic heterocycles. The van der Waals surface area contributed by atoms with Crippen molar-refractivity contribution in [3.63, 3.8) is 0 Å². The third-order valence-electron chi connectivity index (χ3n) is 9.09. The predicted octanol–water partition coefficient (Wildman–Crippen LogP) is 5.92. The molecule has 5 aromatic rings. The molecule has 2 aliphatic heterocycles. The van der Waals surface area contributed by atoms with E-state index < -0.39 is 23.8 Å². The van der Waals surface area contributed by atoms with Crippen molar-refractivity contribution in [1.82, 2.24) is 34.7 Å². The van der Waals surface area contributed by atoms with Crippen molar-refractivity contribution in [2.45, 2.75) is 77.3 Å². The van der Waals surface area contributed by atoms with Crippen molar-refractivity contribution < 1.29 is 24.2 Å². The highest BCUT2D eigenvalue weighted by atomic mass is 16.6. The summed E-state index contributed by atoms with van der Waals surface area (Å²) in [6.07, 6.45) is 5.49. The van der Waals surface area contributed by atoms with E-state index in [0.717, 1.165) is 76.3 Å². The monoisotopic (exact) mass is 666 g/mol. The summed E-state index contributed by atoms with van der Waals surface area (Å²) in [5.74, 6) is 1.40. The minimum atomic E-state index is -1.04. The molecule has 6 N–H and O–H groups in total. The maximum atomic E-state index is 12.8. The molecule has 0 saturated carbocycles. The number of rotatable bonds is 9. The Morgan fingerprint density at radius 3 is 2.61 bits per heavy atom. The molecule has 5 heterocycles. The van der Waals surface area contributed by atoms with Crippen molar-refractivity contribution in [2.24, 2.45) is 5.73 Å². The van der Waals surface area contributed by atoms with Crippen LogP contribution in [0.1, 0.15) is 83.3 Å². The maximum absolute atomic E-state index is 12.8. The summed E-state index contributed by atoms with van der Waals surface area (Å²) >= 11 is 0. The fourth-order valence-corrected chi connectivity index (χ4v) is 6.85. The minimum absolute atomic E-state index is 0.00688. The number of hydrogen-bond acceptors (Lipinski definition) is 8. The number of hydrogen-bond donors (Lipinski definition) is 5. The summed E-state index contributed by atoms with van der Waals surface area (Å²) in [6, 6.07) is 13.6. The average molecular weight is 667 g/mol. The number of benzene rings is 2. The van der Waals surface area contributed by atoms with Gasteiger partial charge in [-0.25, -0.2) is 14.8 Å². The number of ether oxygens (including phenoxy) is 2. The lowest BCUT2D eigenvalue weighted by atomic mass is 10.0. The Kier molecular flexibility index (Phi) is 8.41. The molecule has 2 aliphatic rings. The predicted molar refractivity (Wildman–Crippen MR) is 184 cm³/mol. The third kappa shape index (κ3) is 6.27. The number of aliphatic hydroxyl groups excluding tert-OH is 1. The Hall–Kier alpha value is -5.14. The van der Waals surface area contributed by atoms with Crippen molar-refractivity contribution in [1.29, 1.82) is 0 Å². The largest absolute Gasteiger partial charge is 0.460 e. The van der Waals surface area contributed by atoms with E-state index in [1.54, 1.807) is 12.4 Å². The number of aromatic nitrogens is 5. The molecular formula is C36H42N8O5. The first-order valence-corrected chi connectivity index (χ1v) is 16.7. The molecular weight excluding hydrogens is 624 g/mol. The minimum Gasteiger partial charge on any atom is -0.460 e. The number of carbonyl (C=O) groups is 2. The zero-order valence-corrected chi connectivity index (χ0v) is 28.1. The normalized spacial score (nSPS) is 18.1. The Morgan fingerprint density at radius 2 is 1.86 bits per heavy atom. The van der Waals surface area contributed by atoms with Crippen molar-refractivity contribution in [3.05, 3.63) is 66.5 Å². The Bertz CT molecular complexity index is 2020. The molecule has 13 heteroatoms. The summed E-state index contributed by atoms with van der Waals surface area (Å²) in [4.78, 5) is 43.3. The molecule has 0 spiro atoms. The van der Waals surface area contributed by atoms with Crippen molar-refractivity contribution >= 4 is 22.9 Å². The van der Waals surface area contributed by atoms with E-state index in [4.69, 9.17) is 15.2 Å². The van der Waals surface area contributed by atoms with Crippen LogP contribution in [0.5, 0.6) is 5.75 Å². The van der Waals surface area contributed by atoms with Crippen LogP contribution in [0.25, 0.3) is 44.7 Å². The second-order valence-electron chi connectivity index (χ2n) is 13.7. The zero-order valence-electron chi connectivity index (χ0n) is 28.1. The van der Waals surface area contributed by atoms with Gasteiger partial charge in [0.2, 0.25) is 0 Å². The van der Waals surface area contributed by atoms with E-state index in [-0.39, 0.29) is 18.8 Å². The number of carbonyl (C=O) groups excluding carboxylic acids is 2. The molecule has 7 rings (SSSR count). The van der Waals surface area contributed by atoms with Crippen LogP contribution < -0.4 is 15.8 Å². The van der Waals surface area contributed by atoms with E-state index in [1.807, 2.05) is 72.7 Å². The molecule has 0 bridgehead atoms. The number of aromatic amines is 2. The second kappa shape index (κ2) is 12.7. The van der Waals surface area contributed by atoms with Crippen LogP contribution >= 0.6 is 0 Å². The molecule has 1 saturated heterocycles. The van der Waals surface area contributed by atoms with E-state index in [9.17, 15) is 14.7 Å². The summed E-state index contributed by atoms with van der Waals surface area (Å²) in [7, 11) is 0. The lowest BCUT2D eigenvalue weighted by molar-refractivity contribution is -0.128. The van der Waals surface area contributed by atoms with Gasteiger partial charge in [-0.1, -0.05) is 25.5 Å². The number of amides is 2. The van der Waals surface area contributed by atoms with Crippen LogP contribution in [0.3, 0.4) is 0 Å². The fraction of sp³-hybridized carbons (Fsp3) is 0.389. The second-order valence-corrected chi connectivity index (χ2v) is 13.7. The molecule has 2 amide bonds. The summed E-state index contributed by atoms with van der Waals surface area (Å²) < 4.78 is 13.6. The van der Waals surface area contributed by atoms with Crippen LogP contribution in [0, 0.1) is 0 Å². The molecule has 3 atom stereocenters. The van der Waals surface area contributed by atoms with Gasteiger partial charge in [-0.3, -0.25) is 14.3 Å². The molecule has 0 radical (unpaired) electrons. The number of nitrogens with two attached hydrogens (primary N) is 1. The Balaban J connectivity index is 1.19. The van der Waals surface area contributed by atoms with Gasteiger partial charge in [-0.05, 0) is 70.4 Å². The quantitative estimate of drug-likeness (QED) is 0.129. The number of primary amides is 1. The number of imidazole rings is 2. The molecule has 2 aromatic carbocycles. The molecule has 3 unspecified atom stereocenters. The first kappa shape index (κ1) is 32.4. The van der Waals surface area contributed by atoms with Crippen LogP contribution in [0.15, 0.2) is 54.9 Å². The van der Waals surface area contributed by atoms with E-state index in [1.165, 1.54) is 0 Å². The lowest BCUT2D eigenvalue weighted by Crippen LogP contribution is -2.35. The molecule has 13 nitrogen and oxygen atoms in total. The van der Waals surface area contributed by atoms with Crippen LogP contribution in [-0.2, 0) is 9.53 Å². The van der Waals surface area contributed by atoms with Gasteiger partial charge < -0.3 is 35.6 Å². The number of fused-ring (bicyclic) bond motifs is 5. The molecule has 0 aliphatic carbocycles. The fourth-order valence-electron chi connectivity index (χ4n) is 6.85. The van der Waals surface area contributed by atoms with Gasteiger partial charge in [0.05, 0.1) is 53.8 Å². The third-order valence-corrected chi connectivity index (χ3v) is 9.09. The lowest BCUT2D eigenvalue weighted by Gasteiger charge is -2.28. The SMILES string of the molecule is CCCC(NC(=O)OC(C)(C)C)c1ncc(-c2ccc3c(c2)cc2n3C(C(N)=O)Oc3cc(-c4cnc(C5CCCN5CO)[nH]4)ccc3-2)[nH]1. The Morgan fingerprint density at radius 1 is 1.10 bits per heavy atom. The van der Waals surface area contributed by atoms with Gasteiger partial charge in [0, 0.05) is 28.6 Å². The highest BCUT2D eigenvalue weighted by Crippen LogP contribution is 2.44. The van der Waals surface area contributed by atoms with Gasteiger partial charge in [-0.2, -0.15) is 0 Å². The van der Waals surface area contributed by atoms with Crippen molar-refractivity contribution in [2.75, 3.05) is 13.3 Å². The van der Waals surface area contributed by atoms with Gasteiger partial charge in [-0.15, -0.1) is 0 Å². The van der Waals surface area contributed by atoms with Gasteiger partial charge in [0.1, 0.15) is 23.0 Å². The van der Waals surface area contributed by atoms with Crippen LogP contribution in [0.2, 0.25) is 0 Å². The number of nitrogens with zero attached hydrogens (tertiary/aromatic N) is 4. The first-order valence-electron chi connectivity index (χ1n) is 16.7. The average Bonchev–Trinajstić information content (AvgIpc) is 3.88. The Labute approximate surface area is 283 Å². The van der Waals surface area contributed by atoms with Gasteiger partial charge in [0.15, 0.2) is 0 Å². The van der Waals surface area contributed by atoms with E-state index in [2.05, 4.69) is 32.2 Å². The van der Waals surface area contributed by atoms with E-state index in [0.29, 0.717) is 18.0 Å². The number of H-pyrrole nitrogens is 2. The van der Waals surface area contributed by atoms with Gasteiger partial charge >= 0.3 is 6.09 Å². The molecule has 1 fully saturated rings. The summed E-state index contributed by atoms with van der Waals surface area (Å²) in [6.45, 7) is 8.37. The van der Waals surface area contributed by atoms with Crippen LogP contribution in [0.4, 0.5) is 4.79 Å². The van der Waals surface area contributed by atoms with Crippen molar-refractivity contribution in [3.8, 4) is 39.5 Å². The first-order chi connectivity index (χ1) is 23.5. The molecule has 256 valence electrons. The highest BCUT2D eigenvalue weighted by Gasteiger charge is 2.32. The number of alkyl carbamates (subject to hydrolysis) is 1. The number of likely N-dealkylation sites (tertiary alicyclic amines) is 1. The van der Waals surface area contributed by atoms with Crippen LogP contribution in [-0.4, -0.2) is 65.4 Å². The van der Waals surface area contributed by atoms with Gasteiger partial charge in [0.25, 0.3) is 12.1 Å². The smallest absolute Gasteiger partial charge is 0.408 e. The standard InChI is InChI=1S/C36H42N8O5/c1-5-7-24(42-35(47)49-36(2,3)4)32-38-17-25(40-32)20-10-12-27-22(14-20)15-29-23-11-9-21(16-30(23)48-34(31(37)46)44(27)29)26-18-39-33(41-26)28-8-6-13-43(28)19-45/h9-12,14-18,24,28,34,45H,5-8,13,19H2,1-4H3,(H2,37,46)(H,38,40)(H,39,41)(H,42,47). The number of nitrogens with one attached hydrogen (secondary N) is 3. The topological polar surface area (TPSA) is 176 Å². The highest BCUT2D eigenvalue weighted by molar-refractivity contribution is 5.94. The molecule has 49 heavy (non-hydrogen) atoms. The summed E-state index contributed by atoms with van der Waals surface area (Å²) in [5, 5.41) is 13.6. The summed E-state index contributed by atoms with van der Waals surface area (Å²) in [5.41, 5.74) is 11.1. The maximum Gasteiger partial charge on any atom is 0.408 e. The number of aliphatic hydroxyl groups is 1. The zero-order chi connectivity index (χ0) is 34.4. The van der Waals surface area contributed by atoms with E-state index >= 15 is 0 Å².